The Bertz CT molecular complexity index is 2600. The lowest BCUT2D eigenvalue weighted by Crippen LogP contribution is -2.09. The highest BCUT2D eigenvalue weighted by Crippen LogP contribution is 2.50. The van der Waals surface area contributed by atoms with Crippen LogP contribution in [0.4, 0.5) is 17.1 Å². The lowest BCUT2D eigenvalue weighted by atomic mass is 9.91. The van der Waals surface area contributed by atoms with E-state index in [4.69, 9.17) is 8.75 Å². The van der Waals surface area contributed by atoms with Crippen molar-refractivity contribution in [2.75, 3.05) is 4.90 Å². The molecule has 0 atom stereocenters. The van der Waals surface area contributed by atoms with Gasteiger partial charge in [0.15, 0.2) is 0 Å². The number of aromatic nitrogens is 2. The van der Waals surface area contributed by atoms with E-state index in [0.717, 1.165) is 68.1 Å². The van der Waals surface area contributed by atoms with Crippen LogP contribution in [0, 0.1) is 11.3 Å². The number of nitriles is 1. The zero-order valence-corrected chi connectivity index (χ0v) is 36.3. The Hall–Kier alpha value is -5.20. The second-order valence-electron chi connectivity index (χ2n) is 14.7. The van der Waals surface area contributed by atoms with Gasteiger partial charge in [-0.25, -0.2) is 0 Å². The van der Waals surface area contributed by atoms with Crippen LogP contribution in [0.3, 0.4) is 0 Å². The minimum Gasteiger partial charge on any atom is -0.321 e. The normalized spacial score (nSPS) is 12.1. The van der Waals surface area contributed by atoms with Gasteiger partial charge in [-0.05, 0) is 102 Å². The molecular formula is C49H49N4O3PS2. The van der Waals surface area contributed by atoms with E-state index >= 15 is 0 Å². The second kappa shape index (κ2) is 19.2. The first kappa shape index (κ1) is 41.9. The molecule has 0 spiro atoms. The third-order valence-corrected chi connectivity index (χ3v) is 13.6. The van der Waals surface area contributed by atoms with Gasteiger partial charge in [0.25, 0.3) is 0 Å². The summed E-state index contributed by atoms with van der Waals surface area (Å²) in [6.45, 7) is 6.08. The standard InChI is InChI=1S/C49H49N4O3PS2/c1-4-7-8-9-10-13-18-37-32-46(58-49(37)35-23-26-40(27-24-35)53(38-19-14-11-15-20-38)39-21-16-12-17-22-39)44-30-29-43(47-48(44)52-59-51-47)36-25-28-42(34(5-2)31-36)41(6-3)45(33-50)57(54,55)56/h11-12,14-17,19-32H,4-10,13,18H2,1-3H3,(H2,54,55,56). The number of fused-ring (bicyclic) bond motifs is 1. The number of aryl methyl sites for hydroxylation is 2. The van der Waals surface area contributed by atoms with Crippen LogP contribution in [0.2, 0.25) is 0 Å². The van der Waals surface area contributed by atoms with Gasteiger partial charge in [-0.1, -0.05) is 132 Å². The van der Waals surface area contributed by atoms with Crippen LogP contribution < -0.4 is 4.90 Å². The van der Waals surface area contributed by atoms with Crippen molar-refractivity contribution < 1.29 is 14.4 Å². The molecule has 5 aromatic carbocycles. The summed E-state index contributed by atoms with van der Waals surface area (Å²) >= 11 is 3.02. The van der Waals surface area contributed by atoms with Crippen LogP contribution in [0.25, 0.3) is 48.6 Å². The molecular weight excluding hydrogens is 788 g/mol. The van der Waals surface area contributed by atoms with Crippen LogP contribution in [0.15, 0.2) is 127 Å². The van der Waals surface area contributed by atoms with E-state index in [1.54, 1.807) is 6.07 Å². The zero-order chi connectivity index (χ0) is 41.4. The number of unbranched alkanes of at least 4 members (excludes halogenated alkanes) is 5. The Kier molecular flexibility index (Phi) is 13.7. The molecule has 0 fully saturated rings. The lowest BCUT2D eigenvalue weighted by Gasteiger charge is -2.25. The highest BCUT2D eigenvalue weighted by Gasteiger charge is 2.27. The third-order valence-electron chi connectivity index (χ3n) is 10.9. The van der Waals surface area contributed by atoms with Gasteiger partial charge in [-0.3, -0.25) is 4.57 Å². The number of thiophene rings is 1. The van der Waals surface area contributed by atoms with Crippen molar-refractivity contribution in [1.82, 2.24) is 8.75 Å². The van der Waals surface area contributed by atoms with Crippen LogP contribution in [0.5, 0.6) is 0 Å². The Morgan fingerprint density at radius 1 is 0.695 bits per heavy atom. The maximum atomic E-state index is 12.2. The molecule has 59 heavy (non-hydrogen) atoms. The highest BCUT2D eigenvalue weighted by molar-refractivity contribution is 7.57. The van der Waals surface area contributed by atoms with E-state index in [0.29, 0.717) is 24.0 Å². The van der Waals surface area contributed by atoms with E-state index in [2.05, 4.69) is 109 Å². The summed E-state index contributed by atoms with van der Waals surface area (Å²) in [6.07, 6.45) is 9.38. The van der Waals surface area contributed by atoms with Gasteiger partial charge in [0, 0.05) is 37.9 Å². The second-order valence-corrected chi connectivity index (χ2v) is 17.8. The Balaban J connectivity index is 1.26. The summed E-state index contributed by atoms with van der Waals surface area (Å²) in [6, 6.07) is 44.2. The molecule has 7 nitrogen and oxygen atoms in total. The fourth-order valence-corrected chi connectivity index (χ4v) is 10.5. The molecule has 300 valence electrons. The molecule has 7 rings (SSSR count). The molecule has 0 aliphatic rings. The zero-order valence-electron chi connectivity index (χ0n) is 33.8. The fourth-order valence-electron chi connectivity index (χ4n) is 7.89. The van der Waals surface area contributed by atoms with Gasteiger partial charge >= 0.3 is 7.60 Å². The average molecular weight is 837 g/mol. The minimum absolute atomic E-state index is 0.322. The molecule has 0 amide bonds. The minimum atomic E-state index is -4.74. The van der Waals surface area contributed by atoms with Gasteiger partial charge < -0.3 is 14.7 Å². The number of allylic oxidation sites excluding steroid dienone is 2. The number of hydrogen-bond acceptors (Lipinski definition) is 7. The van der Waals surface area contributed by atoms with Gasteiger partial charge in [-0.15, -0.1) is 11.3 Å². The average Bonchev–Trinajstić information content (AvgIpc) is 3.93. The van der Waals surface area contributed by atoms with Crippen molar-refractivity contribution in [2.45, 2.75) is 78.6 Å². The largest absolute Gasteiger partial charge is 0.367 e. The first-order valence-corrected chi connectivity index (χ1v) is 23.6. The fraction of sp³-hybridized carbons (Fsp3) is 0.245. The van der Waals surface area contributed by atoms with Crippen molar-refractivity contribution in [3.8, 4) is 38.1 Å². The number of hydrogen-bond donors (Lipinski definition) is 2. The molecule has 2 N–H and O–H groups in total. The SMILES string of the molecule is CCCCCCCCc1cc(-c2ccc(-c3ccc(C(CC)=C(C#N)P(=O)(O)O)c(CC)c3)c3nsnc23)sc1-c1ccc(N(c2ccccc2)c2ccccc2)cc1. The first-order chi connectivity index (χ1) is 28.7. The molecule has 0 aliphatic heterocycles. The van der Waals surface area contributed by atoms with E-state index in [1.165, 1.54) is 59.8 Å². The summed E-state index contributed by atoms with van der Waals surface area (Å²) in [5.74, 6) is 0. The summed E-state index contributed by atoms with van der Waals surface area (Å²) in [4.78, 5) is 24.6. The maximum Gasteiger partial charge on any atom is 0.367 e. The molecule has 0 radical (unpaired) electrons. The monoisotopic (exact) mass is 836 g/mol. The van der Waals surface area contributed by atoms with Crippen molar-refractivity contribution in [2.24, 2.45) is 0 Å². The Morgan fingerprint density at radius 3 is 1.90 bits per heavy atom. The molecule has 0 saturated carbocycles. The number of nitrogens with zero attached hydrogens (tertiary/aromatic N) is 4. The van der Waals surface area contributed by atoms with Gasteiger partial charge in [0.05, 0.1) is 11.7 Å². The Morgan fingerprint density at radius 2 is 1.29 bits per heavy atom. The van der Waals surface area contributed by atoms with Gasteiger partial charge in [-0.2, -0.15) is 14.0 Å². The van der Waals surface area contributed by atoms with Crippen molar-refractivity contribution in [3.05, 3.63) is 143 Å². The van der Waals surface area contributed by atoms with Gasteiger partial charge in [0.1, 0.15) is 22.4 Å². The number of rotatable bonds is 17. The van der Waals surface area contributed by atoms with E-state index in [9.17, 15) is 19.6 Å². The molecule has 0 bridgehead atoms. The van der Waals surface area contributed by atoms with Crippen LogP contribution in [-0.2, 0) is 17.4 Å². The molecule has 2 heterocycles. The third kappa shape index (κ3) is 9.34. The quantitative estimate of drug-likeness (QED) is 0.0534. The van der Waals surface area contributed by atoms with Crippen LogP contribution in [-0.4, -0.2) is 18.5 Å². The summed E-state index contributed by atoms with van der Waals surface area (Å²) < 4.78 is 21.9. The molecule has 2 aromatic heterocycles. The smallest absolute Gasteiger partial charge is 0.321 e. The topological polar surface area (TPSA) is 110 Å². The predicted octanol–water partition coefficient (Wildman–Crippen LogP) is 14.5. The molecule has 0 unspecified atom stereocenters. The number of para-hydroxylation sites is 2. The first-order valence-electron chi connectivity index (χ1n) is 20.5. The Labute approximate surface area is 355 Å². The molecule has 0 aliphatic carbocycles. The number of benzene rings is 5. The van der Waals surface area contributed by atoms with Crippen LogP contribution >= 0.6 is 30.7 Å². The summed E-state index contributed by atoms with van der Waals surface area (Å²) in [5.41, 5.74) is 12.4. The highest BCUT2D eigenvalue weighted by atomic mass is 32.1. The van der Waals surface area contributed by atoms with Crippen molar-refractivity contribution >= 4 is 64.3 Å². The van der Waals surface area contributed by atoms with E-state index in [1.807, 2.05) is 49.4 Å². The lowest BCUT2D eigenvalue weighted by molar-refractivity contribution is 0.384. The predicted molar refractivity (Wildman–Crippen MR) is 248 cm³/mol. The van der Waals surface area contributed by atoms with E-state index in [-0.39, 0.29) is 0 Å². The summed E-state index contributed by atoms with van der Waals surface area (Å²) in [7, 11) is -4.74. The maximum absolute atomic E-state index is 12.2. The van der Waals surface area contributed by atoms with E-state index < -0.39 is 12.9 Å². The molecule has 0 saturated heterocycles. The van der Waals surface area contributed by atoms with Crippen molar-refractivity contribution in [3.63, 3.8) is 0 Å². The number of anilines is 3. The van der Waals surface area contributed by atoms with Gasteiger partial charge in [0.2, 0.25) is 0 Å². The molecule has 10 heteroatoms. The van der Waals surface area contributed by atoms with Crippen molar-refractivity contribution in [1.29, 1.82) is 5.26 Å². The molecule has 7 aromatic rings. The summed E-state index contributed by atoms with van der Waals surface area (Å²) in [5, 5.41) is 9.22. The van der Waals surface area contributed by atoms with Crippen LogP contribution in [0.1, 0.15) is 82.4 Å².